The molecule has 1 amide bonds. The highest BCUT2D eigenvalue weighted by molar-refractivity contribution is 5.65. The molecular formula is C18H24FN3O3. The van der Waals surface area contributed by atoms with Crippen LogP contribution in [0.4, 0.5) is 9.18 Å². The molecule has 0 radical (unpaired) electrons. The summed E-state index contributed by atoms with van der Waals surface area (Å²) in [6.45, 7) is 6.80. The molecule has 25 heavy (non-hydrogen) atoms. The number of nitrogens with zero attached hydrogens (tertiary/aromatic N) is 2. The summed E-state index contributed by atoms with van der Waals surface area (Å²) >= 11 is 0. The normalized spacial score (nSPS) is 13.0. The average Bonchev–Trinajstić information content (AvgIpc) is 2.94. The number of nitrogens with two attached hydrogens (primary N) is 1. The Bertz CT molecular complexity index is 707. The molecule has 136 valence electrons. The third-order valence-electron chi connectivity index (χ3n) is 4.11. The maximum Gasteiger partial charge on any atom is 0.404 e. The second kappa shape index (κ2) is 7.65. The summed E-state index contributed by atoms with van der Waals surface area (Å²) in [6, 6.07) is 6.08. The van der Waals surface area contributed by atoms with Crippen molar-refractivity contribution in [2.75, 3.05) is 13.7 Å². The molecule has 0 aliphatic carbocycles. The van der Waals surface area contributed by atoms with Crippen LogP contribution in [0.1, 0.15) is 26.5 Å². The minimum atomic E-state index is -0.797. The van der Waals surface area contributed by atoms with Crippen molar-refractivity contribution in [1.29, 1.82) is 0 Å². The van der Waals surface area contributed by atoms with Crippen LogP contribution < -0.4 is 5.73 Å². The van der Waals surface area contributed by atoms with E-state index in [4.69, 9.17) is 15.0 Å². The van der Waals surface area contributed by atoms with Gasteiger partial charge in [0.1, 0.15) is 12.4 Å². The second-order valence-corrected chi connectivity index (χ2v) is 7.10. The third kappa shape index (κ3) is 5.03. The van der Waals surface area contributed by atoms with Gasteiger partial charge in [0.05, 0.1) is 12.7 Å². The zero-order valence-corrected chi connectivity index (χ0v) is 15.0. The minimum absolute atomic E-state index is 0.0776. The molecule has 0 saturated carbocycles. The topological polar surface area (TPSA) is 81.6 Å². The van der Waals surface area contributed by atoms with Crippen molar-refractivity contribution in [3.63, 3.8) is 0 Å². The number of hydrogen-bond donors (Lipinski definition) is 1. The molecule has 6 nitrogen and oxygen atoms in total. The van der Waals surface area contributed by atoms with Crippen molar-refractivity contribution in [3.05, 3.63) is 42.0 Å². The number of aromatic nitrogens is 1. The van der Waals surface area contributed by atoms with Crippen LogP contribution in [0.2, 0.25) is 0 Å². The van der Waals surface area contributed by atoms with Crippen molar-refractivity contribution in [1.82, 2.24) is 10.1 Å². The first-order chi connectivity index (χ1) is 11.7. The fourth-order valence-electron chi connectivity index (χ4n) is 2.78. The smallest absolute Gasteiger partial charge is 0.404 e. The van der Waals surface area contributed by atoms with Gasteiger partial charge in [-0.25, -0.2) is 9.18 Å². The summed E-state index contributed by atoms with van der Waals surface area (Å²) in [5.41, 5.74) is 6.57. The molecule has 2 rings (SSSR count). The molecule has 2 aromatic rings. The molecule has 0 saturated heterocycles. The van der Waals surface area contributed by atoms with Crippen LogP contribution in [-0.4, -0.2) is 35.8 Å². The monoisotopic (exact) mass is 349 g/mol. The Morgan fingerprint density at radius 2 is 2.00 bits per heavy atom. The van der Waals surface area contributed by atoms with Crippen LogP contribution in [0.5, 0.6) is 0 Å². The molecule has 1 aromatic carbocycles. The van der Waals surface area contributed by atoms with E-state index in [1.807, 2.05) is 11.9 Å². The number of halogens is 1. The number of rotatable bonds is 6. The molecule has 0 spiro atoms. The Kier molecular flexibility index (Phi) is 5.79. The first kappa shape index (κ1) is 18.9. The van der Waals surface area contributed by atoms with Crippen LogP contribution in [0, 0.1) is 11.2 Å². The zero-order valence-electron chi connectivity index (χ0n) is 15.0. The number of carbonyl (C=O) groups is 1. The first-order valence-corrected chi connectivity index (χ1v) is 8.00. The van der Waals surface area contributed by atoms with E-state index in [-0.39, 0.29) is 23.9 Å². The summed E-state index contributed by atoms with van der Waals surface area (Å²) in [4.78, 5) is 13.0. The zero-order chi connectivity index (χ0) is 18.6. The van der Waals surface area contributed by atoms with Crippen LogP contribution in [0.3, 0.4) is 0 Å². The van der Waals surface area contributed by atoms with E-state index in [0.717, 1.165) is 11.1 Å². The molecule has 0 fully saturated rings. The van der Waals surface area contributed by atoms with Crippen molar-refractivity contribution in [2.24, 2.45) is 11.1 Å². The average molecular weight is 349 g/mol. The van der Waals surface area contributed by atoms with E-state index in [2.05, 4.69) is 25.9 Å². The van der Waals surface area contributed by atoms with Gasteiger partial charge in [-0.05, 0) is 30.2 Å². The predicted octanol–water partition coefficient (Wildman–Crippen LogP) is 3.42. The summed E-state index contributed by atoms with van der Waals surface area (Å²) in [6.07, 6.45) is 0.817. The number of carbonyl (C=O) groups excluding carboxylic acids is 1. The lowest BCUT2D eigenvalue weighted by Gasteiger charge is -2.37. The molecule has 7 heteroatoms. The number of ether oxygens (including phenoxy) is 1. The van der Waals surface area contributed by atoms with Crippen LogP contribution in [0.15, 0.2) is 35.0 Å². The van der Waals surface area contributed by atoms with Crippen molar-refractivity contribution < 1.29 is 18.4 Å². The van der Waals surface area contributed by atoms with Gasteiger partial charge in [0.2, 0.25) is 0 Å². The first-order valence-electron chi connectivity index (χ1n) is 8.00. The number of hydrogen-bond acceptors (Lipinski definition) is 5. The summed E-state index contributed by atoms with van der Waals surface area (Å²) < 4.78 is 23.5. The summed E-state index contributed by atoms with van der Waals surface area (Å²) in [5, 5.41) is 3.87. The number of likely N-dealkylation sites (N-methyl/N-ethyl adjacent to an activating group) is 1. The SMILES string of the molecule is CN(Cc1oncc1-c1ccc(F)cc1)C(COC(N)=O)C(C)(C)C. The molecule has 0 aliphatic heterocycles. The van der Waals surface area contributed by atoms with E-state index < -0.39 is 6.09 Å². The molecule has 2 N–H and O–H groups in total. The van der Waals surface area contributed by atoms with Crippen LogP contribution in [0.25, 0.3) is 11.1 Å². The fraction of sp³-hybridized carbons (Fsp3) is 0.444. The van der Waals surface area contributed by atoms with Crippen molar-refractivity contribution >= 4 is 6.09 Å². The molecule has 0 aliphatic rings. The van der Waals surface area contributed by atoms with E-state index in [1.165, 1.54) is 12.1 Å². The van der Waals surface area contributed by atoms with Gasteiger partial charge < -0.3 is 15.0 Å². The molecule has 1 atom stereocenters. The highest BCUT2D eigenvalue weighted by Gasteiger charge is 2.30. The van der Waals surface area contributed by atoms with Gasteiger partial charge in [-0.1, -0.05) is 38.1 Å². The number of benzene rings is 1. The van der Waals surface area contributed by atoms with Gasteiger partial charge in [-0.2, -0.15) is 0 Å². The Hall–Kier alpha value is -2.41. The molecule has 1 unspecified atom stereocenters. The molecule has 0 bridgehead atoms. The Balaban J connectivity index is 2.18. The Morgan fingerprint density at radius 1 is 1.36 bits per heavy atom. The fourth-order valence-corrected chi connectivity index (χ4v) is 2.78. The maximum absolute atomic E-state index is 13.1. The Labute approximate surface area is 146 Å². The summed E-state index contributed by atoms with van der Waals surface area (Å²) in [5.74, 6) is 0.359. The second-order valence-electron chi connectivity index (χ2n) is 7.10. The Morgan fingerprint density at radius 3 is 2.56 bits per heavy atom. The number of primary amides is 1. The molecule has 1 heterocycles. The van der Waals surface area contributed by atoms with E-state index in [9.17, 15) is 9.18 Å². The van der Waals surface area contributed by atoms with Gasteiger partial charge in [0, 0.05) is 11.6 Å². The lowest BCUT2D eigenvalue weighted by Crippen LogP contribution is -2.45. The molecular weight excluding hydrogens is 325 g/mol. The van der Waals surface area contributed by atoms with E-state index >= 15 is 0 Å². The largest absolute Gasteiger partial charge is 0.448 e. The lowest BCUT2D eigenvalue weighted by atomic mass is 9.86. The lowest BCUT2D eigenvalue weighted by molar-refractivity contribution is 0.0445. The van der Waals surface area contributed by atoms with Crippen molar-refractivity contribution in [3.8, 4) is 11.1 Å². The van der Waals surface area contributed by atoms with Crippen LogP contribution in [-0.2, 0) is 11.3 Å². The third-order valence-corrected chi connectivity index (χ3v) is 4.11. The predicted molar refractivity (Wildman–Crippen MR) is 92.1 cm³/mol. The van der Waals surface area contributed by atoms with Gasteiger partial charge in [-0.15, -0.1) is 0 Å². The maximum atomic E-state index is 13.1. The van der Waals surface area contributed by atoms with E-state index in [0.29, 0.717) is 12.3 Å². The van der Waals surface area contributed by atoms with Crippen molar-refractivity contribution in [2.45, 2.75) is 33.4 Å². The minimum Gasteiger partial charge on any atom is -0.448 e. The highest BCUT2D eigenvalue weighted by Crippen LogP contribution is 2.29. The van der Waals surface area contributed by atoms with Gasteiger partial charge in [0.15, 0.2) is 5.76 Å². The standard InChI is InChI=1S/C18H24FN3O3/c1-18(2,3)16(11-24-17(20)23)22(4)10-15-14(9-21-25-15)12-5-7-13(19)8-6-12/h5-9,16H,10-11H2,1-4H3,(H2,20,23). The quantitative estimate of drug-likeness (QED) is 0.864. The highest BCUT2D eigenvalue weighted by atomic mass is 19.1. The van der Waals surface area contributed by atoms with Gasteiger partial charge in [0.25, 0.3) is 0 Å². The molecule has 1 aromatic heterocycles. The van der Waals surface area contributed by atoms with E-state index in [1.54, 1.807) is 18.3 Å². The van der Waals surface area contributed by atoms with Crippen LogP contribution >= 0.6 is 0 Å². The van der Waals surface area contributed by atoms with Gasteiger partial charge in [-0.3, -0.25) is 4.90 Å². The summed E-state index contributed by atoms with van der Waals surface area (Å²) in [7, 11) is 1.91. The van der Waals surface area contributed by atoms with Gasteiger partial charge >= 0.3 is 6.09 Å². The number of amides is 1.